The van der Waals surface area contributed by atoms with Gasteiger partial charge in [0, 0.05) is 22.5 Å². The summed E-state index contributed by atoms with van der Waals surface area (Å²) < 4.78 is 12.7. The second-order valence-corrected chi connectivity index (χ2v) is 7.77. The molecule has 5 rings (SSSR count). The van der Waals surface area contributed by atoms with Crippen LogP contribution in [0.4, 0.5) is 5.69 Å². The smallest absolute Gasteiger partial charge is 0.340 e. The van der Waals surface area contributed by atoms with Crippen LogP contribution in [0.2, 0.25) is 0 Å². The Morgan fingerprint density at radius 3 is 2.66 bits per heavy atom. The highest BCUT2D eigenvalue weighted by atomic mass is 16.4. The molecule has 0 fully saturated rings. The van der Waals surface area contributed by atoms with E-state index in [4.69, 9.17) is 8.83 Å². The summed E-state index contributed by atoms with van der Waals surface area (Å²) in [5, 5.41) is 8.67. The second-order valence-electron chi connectivity index (χ2n) is 7.77. The number of amides is 1. The number of aryl methyl sites for hydroxylation is 2. The summed E-state index contributed by atoms with van der Waals surface area (Å²) in [6, 6.07) is 11.1. The van der Waals surface area contributed by atoms with Crippen LogP contribution in [0, 0.1) is 13.8 Å². The summed E-state index contributed by atoms with van der Waals surface area (Å²) in [6.07, 6.45) is 4.72. The van der Waals surface area contributed by atoms with Crippen molar-refractivity contribution in [3.05, 3.63) is 88.0 Å². The molecule has 0 radical (unpaired) electrons. The van der Waals surface area contributed by atoms with E-state index in [9.17, 15) is 9.59 Å². The van der Waals surface area contributed by atoms with E-state index in [1.54, 1.807) is 23.3 Å². The van der Waals surface area contributed by atoms with Crippen molar-refractivity contribution in [2.24, 2.45) is 0 Å². The number of fused-ring (bicyclic) bond motifs is 2. The highest BCUT2D eigenvalue weighted by molar-refractivity contribution is 5.97. The highest BCUT2D eigenvalue weighted by Crippen LogP contribution is 2.29. The van der Waals surface area contributed by atoms with Gasteiger partial charge in [0.1, 0.15) is 23.8 Å². The van der Waals surface area contributed by atoms with Gasteiger partial charge in [0.2, 0.25) is 5.91 Å². The van der Waals surface area contributed by atoms with Gasteiger partial charge in [-0.05, 0) is 48.7 Å². The molecule has 32 heavy (non-hydrogen) atoms. The molecular weight excluding hydrogens is 408 g/mol. The number of furan rings is 1. The molecule has 0 atom stereocenters. The molecule has 2 aromatic carbocycles. The number of carbonyl (C=O) groups is 1. The fraction of sp³-hybridized carbons (Fsp3) is 0.167. The van der Waals surface area contributed by atoms with Gasteiger partial charge in [-0.3, -0.25) is 4.79 Å². The first-order valence-corrected chi connectivity index (χ1v) is 10.1. The summed E-state index contributed by atoms with van der Waals surface area (Å²) in [6.45, 7) is 4.38. The lowest BCUT2D eigenvalue weighted by Crippen LogP contribution is -2.20. The van der Waals surface area contributed by atoms with Gasteiger partial charge < -0.3 is 14.2 Å². The SMILES string of the molecule is Cc1coc2cc3oc(=O)c(CC(=O)Nc4ccc(Cn5cncn5)cc4)c(C)c3cc12. The summed E-state index contributed by atoms with van der Waals surface area (Å²) in [5.74, 6) is -0.288. The molecule has 8 heteroatoms. The molecule has 0 aliphatic carbocycles. The molecule has 160 valence electrons. The second kappa shape index (κ2) is 7.81. The average Bonchev–Trinajstić information content (AvgIpc) is 3.41. The van der Waals surface area contributed by atoms with E-state index in [2.05, 4.69) is 15.4 Å². The molecule has 1 amide bonds. The molecule has 0 aliphatic rings. The van der Waals surface area contributed by atoms with Gasteiger partial charge in [-0.15, -0.1) is 0 Å². The number of hydrogen-bond acceptors (Lipinski definition) is 6. The van der Waals surface area contributed by atoms with Crippen LogP contribution in [0.3, 0.4) is 0 Å². The van der Waals surface area contributed by atoms with Crippen LogP contribution >= 0.6 is 0 Å². The third-order valence-corrected chi connectivity index (χ3v) is 5.56. The number of nitrogens with zero attached hydrogens (tertiary/aromatic N) is 3. The van der Waals surface area contributed by atoms with Crippen LogP contribution in [0.5, 0.6) is 0 Å². The van der Waals surface area contributed by atoms with Gasteiger partial charge in [0.25, 0.3) is 0 Å². The number of nitrogens with one attached hydrogen (secondary N) is 1. The Morgan fingerprint density at radius 1 is 1.09 bits per heavy atom. The predicted octanol–water partition coefficient (Wildman–Crippen LogP) is 3.98. The number of hydrogen-bond donors (Lipinski definition) is 1. The Kier molecular flexibility index (Phi) is 4.82. The zero-order valence-corrected chi connectivity index (χ0v) is 17.6. The van der Waals surface area contributed by atoms with E-state index < -0.39 is 5.63 Å². The van der Waals surface area contributed by atoms with Crippen molar-refractivity contribution >= 4 is 33.5 Å². The molecule has 0 aliphatic heterocycles. The molecule has 3 heterocycles. The summed E-state index contributed by atoms with van der Waals surface area (Å²) in [4.78, 5) is 29.2. The Bertz CT molecular complexity index is 1500. The molecule has 0 unspecified atom stereocenters. The number of rotatable bonds is 5. The largest absolute Gasteiger partial charge is 0.464 e. The van der Waals surface area contributed by atoms with Gasteiger partial charge in [-0.1, -0.05) is 12.1 Å². The minimum Gasteiger partial charge on any atom is -0.464 e. The zero-order valence-electron chi connectivity index (χ0n) is 17.6. The molecule has 3 aromatic heterocycles. The Morgan fingerprint density at radius 2 is 1.91 bits per heavy atom. The van der Waals surface area contributed by atoms with Crippen LogP contribution < -0.4 is 10.9 Å². The summed E-state index contributed by atoms with van der Waals surface area (Å²) in [7, 11) is 0. The van der Waals surface area contributed by atoms with E-state index in [1.807, 2.05) is 44.2 Å². The van der Waals surface area contributed by atoms with Crippen LogP contribution in [0.15, 0.2) is 68.9 Å². The Labute approximate surface area is 182 Å². The van der Waals surface area contributed by atoms with Gasteiger partial charge >= 0.3 is 5.63 Å². The van der Waals surface area contributed by atoms with E-state index >= 15 is 0 Å². The third kappa shape index (κ3) is 3.66. The number of benzene rings is 2. The van der Waals surface area contributed by atoms with Crippen LogP contribution in [0.1, 0.15) is 22.3 Å². The van der Waals surface area contributed by atoms with Crippen molar-refractivity contribution in [2.75, 3.05) is 5.32 Å². The van der Waals surface area contributed by atoms with Crippen LogP contribution in [-0.4, -0.2) is 20.7 Å². The van der Waals surface area contributed by atoms with E-state index in [0.717, 1.165) is 27.5 Å². The van der Waals surface area contributed by atoms with E-state index in [1.165, 1.54) is 6.33 Å². The first kappa shape index (κ1) is 19.7. The topological polar surface area (TPSA) is 103 Å². The fourth-order valence-corrected chi connectivity index (χ4v) is 3.80. The van der Waals surface area contributed by atoms with Crippen LogP contribution in [-0.2, 0) is 17.8 Å². The Balaban J connectivity index is 1.36. The molecule has 0 bridgehead atoms. The minimum atomic E-state index is -0.518. The van der Waals surface area contributed by atoms with Gasteiger partial charge in [0.15, 0.2) is 0 Å². The number of aromatic nitrogens is 3. The first-order chi connectivity index (χ1) is 15.5. The van der Waals surface area contributed by atoms with Crippen molar-refractivity contribution in [1.29, 1.82) is 0 Å². The maximum atomic E-state index is 12.7. The number of carbonyl (C=O) groups excluding carboxylic acids is 1. The molecule has 8 nitrogen and oxygen atoms in total. The quantitative estimate of drug-likeness (QED) is 0.425. The standard InChI is InChI=1S/C24H20N4O4/c1-14-11-31-21-9-22-19(7-18(14)21)15(2)20(24(30)32-22)8-23(29)27-17-5-3-16(4-6-17)10-28-13-25-12-26-28/h3-7,9,11-13H,8,10H2,1-2H3,(H,27,29). The van der Waals surface area contributed by atoms with E-state index in [0.29, 0.717) is 29.0 Å². The zero-order chi connectivity index (χ0) is 22.2. The van der Waals surface area contributed by atoms with Crippen molar-refractivity contribution in [3.63, 3.8) is 0 Å². The summed E-state index contributed by atoms with van der Waals surface area (Å²) >= 11 is 0. The first-order valence-electron chi connectivity index (χ1n) is 10.1. The molecule has 0 spiro atoms. The predicted molar refractivity (Wildman–Crippen MR) is 120 cm³/mol. The van der Waals surface area contributed by atoms with Crippen LogP contribution in [0.25, 0.3) is 21.9 Å². The minimum absolute atomic E-state index is 0.0762. The monoisotopic (exact) mass is 428 g/mol. The van der Waals surface area contributed by atoms with Gasteiger partial charge in [0.05, 0.1) is 24.8 Å². The fourth-order valence-electron chi connectivity index (χ4n) is 3.80. The highest BCUT2D eigenvalue weighted by Gasteiger charge is 2.17. The van der Waals surface area contributed by atoms with Crippen molar-refractivity contribution in [2.45, 2.75) is 26.8 Å². The maximum absolute atomic E-state index is 12.7. The van der Waals surface area contributed by atoms with Gasteiger partial charge in [-0.25, -0.2) is 14.5 Å². The molecule has 5 aromatic rings. The lowest BCUT2D eigenvalue weighted by Gasteiger charge is -2.09. The summed E-state index contributed by atoms with van der Waals surface area (Å²) in [5.41, 5.74) is 4.35. The van der Waals surface area contributed by atoms with Crippen molar-refractivity contribution in [1.82, 2.24) is 14.8 Å². The molecule has 1 N–H and O–H groups in total. The lowest BCUT2D eigenvalue weighted by atomic mass is 10.0. The maximum Gasteiger partial charge on any atom is 0.340 e. The molecule has 0 saturated carbocycles. The number of anilines is 1. The van der Waals surface area contributed by atoms with E-state index in [-0.39, 0.29) is 12.3 Å². The normalized spacial score (nSPS) is 11.3. The van der Waals surface area contributed by atoms with Crippen molar-refractivity contribution < 1.29 is 13.6 Å². The average molecular weight is 428 g/mol. The molecule has 0 saturated heterocycles. The Hall–Kier alpha value is -4.20. The molecular formula is C24H20N4O4. The van der Waals surface area contributed by atoms with Crippen molar-refractivity contribution in [3.8, 4) is 0 Å². The third-order valence-electron chi connectivity index (χ3n) is 5.56. The lowest BCUT2D eigenvalue weighted by molar-refractivity contribution is -0.115. The van der Waals surface area contributed by atoms with Gasteiger partial charge in [-0.2, -0.15) is 5.10 Å².